The molecule has 0 unspecified atom stereocenters. The third-order valence-electron chi connectivity index (χ3n) is 4.63. The summed E-state index contributed by atoms with van der Waals surface area (Å²) in [6.07, 6.45) is 6.32. The summed E-state index contributed by atoms with van der Waals surface area (Å²) in [4.78, 5) is 19.6. The second kappa shape index (κ2) is 7.51. The first-order valence-electron chi connectivity index (χ1n) is 7.58. The van der Waals surface area contributed by atoms with Gasteiger partial charge in [0.25, 0.3) is 8.53 Å². The van der Waals surface area contributed by atoms with E-state index in [9.17, 15) is 9.79 Å². The number of nitrogens with zero attached hydrogens (tertiary/aromatic N) is 1. The van der Waals surface area contributed by atoms with Crippen LogP contribution in [-0.4, -0.2) is 20.5 Å². The first-order valence-corrected chi connectivity index (χ1v) is 8.78. The molecule has 0 saturated heterocycles. The van der Waals surface area contributed by atoms with Crippen LogP contribution in [0.2, 0.25) is 0 Å². The number of aryl methyl sites for hydroxylation is 1. The molecular weight excluding hydrogens is 269 g/mol. The maximum atomic E-state index is 9.81. The molecule has 1 fully saturated rings. The molecule has 0 aromatic heterocycles. The van der Waals surface area contributed by atoms with Gasteiger partial charge in [-0.1, -0.05) is 43.5 Å². The summed E-state index contributed by atoms with van der Waals surface area (Å²) in [5, 5.41) is 0. The molecule has 1 aromatic carbocycles. The molecule has 0 radical (unpaired) electrons. The predicted octanol–water partition coefficient (Wildman–Crippen LogP) is 3.98. The van der Waals surface area contributed by atoms with Crippen molar-refractivity contribution in [3.05, 3.63) is 35.4 Å². The molecule has 1 saturated carbocycles. The van der Waals surface area contributed by atoms with Crippen LogP contribution >= 0.6 is 8.53 Å². The Bertz CT molecular complexity index is 419. The van der Waals surface area contributed by atoms with Crippen LogP contribution in [0.25, 0.3) is 0 Å². The minimum absolute atomic E-state index is 0.232. The molecule has 1 aliphatic rings. The van der Waals surface area contributed by atoms with E-state index >= 15 is 0 Å². The van der Waals surface area contributed by atoms with E-state index in [1.807, 2.05) is 16.8 Å². The Labute approximate surface area is 123 Å². The average Bonchev–Trinajstić information content (AvgIpc) is 2.46. The first kappa shape index (κ1) is 15.9. The van der Waals surface area contributed by atoms with Crippen molar-refractivity contribution in [1.29, 1.82) is 0 Å². The fraction of sp³-hybridized carbons (Fsp3) is 0.625. The normalized spacial score (nSPS) is 18.7. The van der Waals surface area contributed by atoms with Gasteiger partial charge in [0.1, 0.15) is 0 Å². The van der Waals surface area contributed by atoms with Gasteiger partial charge in [-0.05, 0) is 43.7 Å². The molecule has 0 spiro atoms. The van der Waals surface area contributed by atoms with Crippen LogP contribution in [-0.2, 0) is 6.54 Å². The molecule has 0 amide bonds. The topological polar surface area (TPSA) is 43.7 Å². The van der Waals surface area contributed by atoms with E-state index in [1.165, 1.54) is 43.2 Å². The molecule has 0 heterocycles. The molecule has 2 N–H and O–H groups in total. The summed E-state index contributed by atoms with van der Waals surface area (Å²) in [7, 11) is -2.03. The predicted molar refractivity (Wildman–Crippen MR) is 84.1 cm³/mol. The lowest BCUT2D eigenvalue weighted by Crippen LogP contribution is -2.35. The van der Waals surface area contributed by atoms with Gasteiger partial charge in [0.2, 0.25) is 0 Å². The molecule has 0 bridgehead atoms. The largest absolute Gasteiger partial charge is 0.338 e. The van der Waals surface area contributed by atoms with Crippen molar-refractivity contribution in [2.24, 2.45) is 5.92 Å². The molecule has 1 atom stereocenters. The van der Waals surface area contributed by atoms with E-state index in [0.29, 0.717) is 12.5 Å². The average molecular weight is 295 g/mol. The van der Waals surface area contributed by atoms with Gasteiger partial charge in [0, 0.05) is 12.6 Å². The maximum Gasteiger partial charge on any atom is 0.253 e. The maximum absolute atomic E-state index is 9.81. The van der Waals surface area contributed by atoms with Crippen molar-refractivity contribution in [2.45, 2.75) is 58.5 Å². The molecule has 20 heavy (non-hydrogen) atoms. The van der Waals surface area contributed by atoms with Gasteiger partial charge in [0.05, 0.1) is 0 Å². The summed E-state index contributed by atoms with van der Waals surface area (Å²) < 4.78 is 1.88. The highest BCUT2D eigenvalue weighted by atomic mass is 31.2. The zero-order valence-electron chi connectivity index (χ0n) is 12.5. The summed E-state index contributed by atoms with van der Waals surface area (Å²) in [6, 6.07) is 8.43. The fourth-order valence-corrected chi connectivity index (χ4v) is 3.99. The number of hydrogen-bond acceptors (Lipinski definition) is 3. The number of hydrogen-bond donors (Lipinski definition) is 2. The van der Waals surface area contributed by atoms with E-state index in [-0.39, 0.29) is 6.04 Å². The Balaban J connectivity index is 2.08. The second-order valence-corrected chi connectivity index (χ2v) is 6.98. The molecular formula is C16H26NO2P. The highest BCUT2D eigenvalue weighted by Gasteiger charge is 2.29. The third-order valence-corrected chi connectivity index (χ3v) is 5.59. The van der Waals surface area contributed by atoms with Crippen LogP contribution in [0.3, 0.4) is 0 Å². The Morgan fingerprint density at radius 1 is 1.20 bits per heavy atom. The minimum atomic E-state index is -2.03. The van der Waals surface area contributed by atoms with E-state index < -0.39 is 8.53 Å². The van der Waals surface area contributed by atoms with Crippen molar-refractivity contribution in [2.75, 3.05) is 0 Å². The van der Waals surface area contributed by atoms with Gasteiger partial charge in [-0.2, -0.15) is 0 Å². The quantitative estimate of drug-likeness (QED) is 0.808. The van der Waals surface area contributed by atoms with Crippen molar-refractivity contribution in [3.63, 3.8) is 0 Å². The van der Waals surface area contributed by atoms with Crippen LogP contribution in [0.5, 0.6) is 0 Å². The van der Waals surface area contributed by atoms with E-state index in [2.05, 4.69) is 26.0 Å². The van der Waals surface area contributed by atoms with E-state index in [1.54, 1.807) is 0 Å². The minimum Gasteiger partial charge on any atom is -0.338 e. The van der Waals surface area contributed by atoms with Crippen LogP contribution in [0.1, 0.15) is 50.2 Å². The molecule has 112 valence electrons. The Hall–Kier alpha value is -0.470. The lowest BCUT2D eigenvalue weighted by Gasteiger charge is -2.36. The smallest absolute Gasteiger partial charge is 0.253 e. The van der Waals surface area contributed by atoms with Gasteiger partial charge in [-0.25, -0.2) is 4.67 Å². The van der Waals surface area contributed by atoms with Gasteiger partial charge in [-0.3, -0.25) is 0 Å². The van der Waals surface area contributed by atoms with Crippen LogP contribution in [0.15, 0.2) is 24.3 Å². The van der Waals surface area contributed by atoms with Gasteiger partial charge in [-0.15, -0.1) is 0 Å². The fourth-order valence-electron chi connectivity index (χ4n) is 3.19. The van der Waals surface area contributed by atoms with Crippen LogP contribution in [0, 0.1) is 12.8 Å². The molecule has 4 heteroatoms. The Morgan fingerprint density at radius 2 is 1.85 bits per heavy atom. The summed E-state index contributed by atoms with van der Waals surface area (Å²) in [5.41, 5.74) is 2.40. The lowest BCUT2D eigenvalue weighted by atomic mass is 9.84. The van der Waals surface area contributed by atoms with Gasteiger partial charge >= 0.3 is 0 Å². The van der Waals surface area contributed by atoms with Crippen LogP contribution < -0.4 is 0 Å². The molecule has 1 aromatic rings. The second-order valence-electron chi connectivity index (χ2n) is 5.93. The van der Waals surface area contributed by atoms with Gasteiger partial charge in [0.15, 0.2) is 0 Å². The number of rotatable bonds is 5. The summed E-state index contributed by atoms with van der Waals surface area (Å²) in [5.74, 6) is 0.595. The summed E-state index contributed by atoms with van der Waals surface area (Å²) in [6.45, 7) is 4.86. The zero-order chi connectivity index (χ0) is 14.5. The Morgan fingerprint density at radius 3 is 2.45 bits per heavy atom. The highest BCUT2D eigenvalue weighted by molar-refractivity contribution is 7.42. The van der Waals surface area contributed by atoms with Crippen molar-refractivity contribution in [1.82, 2.24) is 4.67 Å². The molecule has 0 aliphatic heterocycles. The third kappa shape index (κ3) is 4.02. The van der Waals surface area contributed by atoms with E-state index in [4.69, 9.17) is 0 Å². The van der Waals surface area contributed by atoms with Crippen LogP contribution in [0.4, 0.5) is 0 Å². The van der Waals surface area contributed by atoms with Gasteiger partial charge < -0.3 is 9.79 Å². The molecule has 1 aliphatic carbocycles. The van der Waals surface area contributed by atoms with E-state index in [0.717, 1.165) is 0 Å². The monoisotopic (exact) mass is 295 g/mol. The standard InChI is InChI=1S/C16H26NO2P/c1-13-8-6-7-11-16(13)12-17(20(18)19)14(2)15-9-4-3-5-10-15/h6-8,11,14-15,18-19H,3-5,9-10,12H2,1-2H3/t14-/m1/s1. The Kier molecular flexibility index (Phi) is 5.98. The molecule has 2 rings (SSSR count). The molecule has 3 nitrogen and oxygen atoms in total. The summed E-state index contributed by atoms with van der Waals surface area (Å²) >= 11 is 0. The number of benzene rings is 1. The van der Waals surface area contributed by atoms with Crippen molar-refractivity contribution in [3.8, 4) is 0 Å². The zero-order valence-corrected chi connectivity index (χ0v) is 13.4. The lowest BCUT2D eigenvalue weighted by molar-refractivity contribution is 0.183. The SMILES string of the molecule is Cc1ccccc1CN([C@H](C)C1CCCCC1)P(O)O. The van der Waals surface area contributed by atoms with Crippen molar-refractivity contribution >= 4 is 8.53 Å². The highest BCUT2D eigenvalue weighted by Crippen LogP contribution is 2.40. The first-order chi connectivity index (χ1) is 9.59. The van der Waals surface area contributed by atoms with Crippen molar-refractivity contribution < 1.29 is 9.79 Å².